The van der Waals surface area contributed by atoms with E-state index >= 15 is 0 Å². The Kier molecular flexibility index (Phi) is 3.53. The van der Waals surface area contributed by atoms with Crippen LogP contribution in [0, 0.1) is 10.5 Å². The smallest absolute Gasteiger partial charge is 0.122 e. The number of hydrogen-bond acceptors (Lipinski definition) is 2. The molecule has 0 amide bonds. The molecule has 0 saturated carbocycles. The third-order valence-electron chi connectivity index (χ3n) is 2.40. The van der Waals surface area contributed by atoms with Crippen molar-refractivity contribution in [1.29, 1.82) is 0 Å². The van der Waals surface area contributed by atoms with Crippen molar-refractivity contribution in [2.75, 3.05) is 7.11 Å². The van der Waals surface area contributed by atoms with Crippen molar-refractivity contribution in [3.63, 3.8) is 0 Å². The lowest BCUT2D eigenvalue weighted by Gasteiger charge is -2.07. The second-order valence-electron chi connectivity index (χ2n) is 3.65. The molecule has 2 rings (SSSR count). The number of methoxy groups -OCH3 is 1. The highest BCUT2D eigenvalue weighted by Crippen LogP contribution is 2.24. The van der Waals surface area contributed by atoms with E-state index in [0.717, 1.165) is 29.3 Å². The standard InChI is InChI=1S/C13H13IO2/c1-9-3-5-12(16-9)8-10-7-11(14)4-6-13(10)15-2/h3-7H,8H2,1-2H3. The van der Waals surface area contributed by atoms with Crippen molar-refractivity contribution < 1.29 is 9.15 Å². The molecule has 0 aliphatic heterocycles. The van der Waals surface area contributed by atoms with Crippen LogP contribution < -0.4 is 4.74 Å². The first-order valence-electron chi connectivity index (χ1n) is 5.07. The van der Waals surface area contributed by atoms with Gasteiger partial charge in [-0.2, -0.15) is 0 Å². The Bertz CT molecular complexity index is 488. The van der Waals surface area contributed by atoms with Crippen LogP contribution in [-0.2, 0) is 6.42 Å². The maximum Gasteiger partial charge on any atom is 0.122 e. The number of benzene rings is 1. The molecule has 0 N–H and O–H groups in total. The summed E-state index contributed by atoms with van der Waals surface area (Å²) in [5.41, 5.74) is 1.16. The molecule has 2 nitrogen and oxygen atoms in total. The van der Waals surface area contributed by atoms with Crippen LogP contribution in [0.4, 0.5) is 0 Å². The van der Waals surface area contributed by atoms with Crippen molar-refractivity contribution in [3.05, 3.63) is 51.0 Å². The molecule has 3 heteroatoms. The fourth-order valence-electron chi connectivity index (χ4n) is 1.65. The Labute approximate surface area is 109 Å². The first-order valence-corrected chi connectivity index (χ1v) is 6.14. The SMILES string of the molecule is COc1ccc(I)cc1Cc1ccc(C)o1. The maximum absolute atomic E-state index is 5.57. The molecule has 2 aromatic rings. The second kappa shape index (κ2) is 4.91. The van der Waals surface area contributed by atoms with E-state index in [-0.39, 0.29) is 0 Å². The van der Waals surface area contributed by atoms with Gasteiger partial charge >= 0.3 is 0 Å². The highest BCUT2D eigenvalue weighted by Gasteiger charge is 2.07. The predicted molar refractivity (Wildman–Crippen MR) is 72.0 cm³/mol. The molecule has 0 bridgehead atoms. The molecule has 0 radical (unpaired) electrons. The monoisotopic (exact) mass is 328 g/mol. The summed E-state index contributed by atoms with van der Waals surface area (Å²) in [5.74, 6) is 2.83. The normalized spacial score (nSPS) is 10.4. The average Bonchev–Trinajstić information content (AvgIpc) is 2.64. The first-order chi connectivity index (χ1) is 7.69. The van der Waals surface area contributed by atoms with Crippen LogP contribution in [0.1, 0.15) is 17.1 Å². The Morgan fingerprint density at radius 3 is 2.69 bits per heavy atom. The van der Waals surface area contributed by atoms with Crippen LogP contribution in [0.25, 0.3) is 0 Å². The lowest BCUT2D eigenvalue weighted by atomic mass is 10.1. The summed E-state index contributed by atoms with van der Waals surface area (Å²) >= 11 is 2.30. The van der Waals surface area contributed by atoms with Gasteiger partial charge in [0.15, 0.2) is 0 Å². The Hall–Kier alpha value is -0.970. The molecule has 84 valence electrons. The molecule has 0 atom stereocenters. The van der Waals surface area contributed by atoms with Gasteiger partial charge in [0, 0.05) is 15.6 Å². The van der Waals surface area contributed by atoms with Crippen molar-refractivity contribution in [3.8, 4) is 5.75 Å². The van der Waals surface area contributed by atoms with Gasteiger partial charge in [0.05, 0.1) is 7.11 Å². The van der Waals surface area contributed by atoms with E-state index in [1.54, 1.807) is 7.11 Å². The van der Waals surface area contributed by atoms with Gasteiger partial charge in [-0.3, -0.25) is 0 Å². The summed E-state index contributed by atoms with van der Waals surface area (Å²) in [5, 5.41) is 0. The Morgan fingerprint density at radius 2 is 2.06 bits per heavy atom. The van der Waals surface area contributed by atoms with E-state index in [2.05, 4.69) is 28.7 Å². The summed E-state index contributed by atoms with van der Waals surface area (Å²) < 4.78 is 12.1. The van der Waals surface area contributed by atoms with Crippen LogP contribution in [0.15, 0.2) is 34.7 Å². The number of ether oxygens (including phenoxy) is 1. The van der Waals surface area contributed by atoms with Crippen molar-refractivity contribution in [2.45, 2.75) is 13.3 Å². The molecular formula is C13H13IO2. The molecule has 0 fully saturated rings. The van der Waals surface area contributed by atoms with Gasteiger partial charge in [0.1, 0.15) is 17.3 Å². The van der Waals surface area contributed by atoms with Crippen molar-refractivity contribution in [2.24, 2.45) is 0 Å². The van der Waals surface area contributed by atoms with Crippen molar-refractivity contribution >= 4 is 22.6 Å². The van der Waals surface area contributed by atoms with Crippen LogP contribution in [0.5, 0.6) is 5.75 Å². The van der Waals surface area contributed by atoms with Crippen LogP contribution >= 0.6 is 22.6 Å². The number of halogens is 1. The molecule has 0 aliphatic carbocycles. The summed E-state index contributed by atoms with van der Waals surface area (Å²) in [7, 11) is 1.69. The average molecular weight is 328 g/mol. The number of hydrogen-bond donors (Lipinski definition) is 0. The van der Waals surface area contributed by atoms with E-state index in [0.29, 0.717) is 0 Å². The van der Waals surface area contributed by atoms with E-state index in [1.165, 1.54) is 3.57 Å². The zero-order valence-electron chi connectivity index (χ0n) is 9.29. The van der Waals surface area contributed by atoms with Gasteiger partial charge in [-0.05, 0) is 59.8 Å². The van der Waals surface area contributed by atoms with E-state index in [4.69, 9.17) is 9.15 Å². The largest absolute Gasteiger partial charge is 0.496 e. The Balaban J connectivity index is 2.29. The molecule has 0 unspecified atom stereocenters. The third-order valence-corrected chi connectivity index (χ3v) is 3.07. The summed E-state index contributed by atoms with van der Waals surface area (Å²) in [6, 6.07) is 10.1. The van der Waals surface area contributed by atoms with Crippen LogP contribution in [-0.4, -0.2) is 7.11 Å². The minimum atomic E-state index is 0.772. The van der Waals surface area contributed by atoms with E-state index < -0.39 is 0 Å². The van der Waals surface area contributed by atoms with Crippen molar-refractivity contribution in [1.82, 2.24) is 0 Å². The maximum atomic E-state index is 5.57. The number of rotatable bonds is 3. The molecule has 0 spiro atoms. The van der Waals surface area contributed by atoms with Gasteiger partial charge in [0.25, 0.3) is 0 Å². The topological polar surface area (TPSA) is 22.4 Å². The quantitative estimate of drug-likeness (QED) is 0.800. The van der Waals surface area contributed by atoms with E-state index in [1.807, 2.05) is 31.2 Å². The minimum absolute atomic E-state index is 0.772. The lowest BCUT2D eigenvalue weighted by molar-refractivity contribution is 0.408. The third kappa shape index (κ3) is 2.58. The summed E-state index contributed by atoms with van der Waals surface area (Å²) in [6.45, 7) is 1.95. The summed E-state index contributed by atoms with van der Waals surface area (Å²) in [4.78, 5) is 0. The van der Waals surface area contributed by atoms with Gasteiger partial charge in [-0.25, -0.2) is 0 Å². The second-order valence-corrected chi connectivity index (χ2v) is 4.89. The zero-order valence-corrected chi connectivity index (χ0v) is 11.4. The van der Waals surface area contributed by atoms with Gasteiger partial charge in [0.2, 0.25) is 0 Å². The van der Waals surface area contributed by atoms with Crippen LogP contribution in [0.2, 0.25) is 0 Å². The fraction of sp³-hybridized carbons (Fsp3) is 0.231. The molecule has 0 aliphatic rings. The molecule has 0 saturated heterocycles. The highest BCUT2D eigenvalue weighted by atomic mass is 127. The fourth-order valence-corrected chi connectivity index (χ4v) is 2.21. The van der Waals surface area contributed by atoms with E-state index in [9.17, 15) is 0 Å². The lowest BCUT2D eigenvalue weighted by Crippen LogP contribution is -1.93. The van der Waals surface area contributed by atoms with Gasteiger partial charge in [-0.15, -0.1) is 0 Å². The molecule has 1 heterocycles. The number of furan rings is 1. The molecule has 1 aromatic heterocycles. The van der Waals surface area contributed by atoms with Crippen LogP contribution in [0.3, 0.4) is 0 Å². The van der Waals surface area contributed by atoms with Gasteiger partial charge in [-0.1, -0.05) is 0 Å². The van der Waals surface area contributed by atoms with Gasteiger partial charge < -0.3 is 9.15 Å². The molecule has 16 heavy (non-hydrogen) atoms. The summed E-state index contributed by atoms with van der Waals surface area (Å²) in [6.07, 6.45) is 0.772. The number of aryl methyl sites for hydroxylation is 1. The first kappa shape index (κ1) is 11.5. The molecule has 1 aromatic carbocycles. The molecular weight excluding hydrogens is 315 g/mol. The Morgan fingerprint density at radius 1 is 1.25 bits per heavy atom. The predicted octanol–water partition coefficient (Wildman–Crippen LogP) is 3.79. The minimum Gasteiger partial charge on any atom is -0.496 e. The highest BCUT2D eigenvalue weighted by molar-refractivity contribution is 14.1. The zero-order chi connectivity index (χ0) is 11.5.